The Hall–Kier alpha value is -2.22. The summed E-state index contributed by atoms with van der Waals surface area (Å²) < 4.78 is 4.73. The molecule has 8 heteroatoms. The maximum Gasteiger partial charge on any atom is 0.359 e. The molecule has 1 rings (SSSR count). The van der Waals surface area contributed by atoms with Gasteiger partial charge in [-0.2, -0.15) is 0 Å². The number of nitrogens with two attached hydrogens (primary N) is 1. The molecule has 0 spiro atoms. The summed E-state index contributed by atoms with van der Waals surface area (Å²) in [6.45, 7) is 12.0. The first-order valence-electron chi connectivity index (χ1n) is 7.23. The molecule has 0 saturated heterocycles. The number of hydrogen-bond donors (Lipinski definition) is 2. The van der Waals surface area contributed by atoms with E-state index in [0.29, 0.717) is 0 Å². The fraction of sp³-hybridized carbons (Fsp3) is 0.571. The summed E-state index contributed by atoms with van der Waals surface area (Å²) in [7, 11) is 0. The highest BCUT2D eigenvalue weighted by Crippen LogP contribution is 2.05. The Morgan fingerprint density at radius 3 is 2.36 bits per heavy atom. The Bertz CT molecular complexity index is 470. The lowest BCUT2D eigenvalue weighted by Gasteiger charge is -2.13. The van der Waals surface area contributed by atoms with E-state index in [1.165, 1.54) is 25.8 Å². The number of esters is 1. The molecular formula is C14H25N5O3. The van der Waals surface area contributed by atoms with Crippen molar-refractivity contribution >= 4 is 18.0 Å². The van der Waals surface area contributed by atoms with Gasteiger partial charge in [0, 0.05) is 0 Å². The van der Waals surface area contributed by atoms with Gasteiger partial charge >= 0.3 is 5.97 Å². The van der Waals surface area contributed by atoms with Crippen molar-refractivity contribution < 1.29 is 14.7 Å². The van der Waals surface area contributed by atoms with Crippen LogP contribution in [0, 0.1) is 0 Å². The van der Waals surface area contributed by atoms with Crippen LogP contribution in [-0.4, -0.2) is 58.5 Å². The second-order valence-corrected chi connectivity index (χ2v) is 4.11. The molecule has 22 heavy (non-hydrogen) atoms. The van der Waals surface area contributed by atoms with Crippen molar-refractivity contribution in [3.8, 4) is 0 Å². The highest BCUT2D eigenvalue weighted by atomic mass is 16.5. The summed E-state index contributed by atoms with van der Waals surface area (Å²) in [6, 6.07) is 0. The van der Waals surface area contributed by atoms with Gasteiger partial charge in [-0.3, -0.25) is 0 Å². The first-order valence-corrected chi connectivity index (χ1v) is 7.23. The van der Waals surface area contributed by atoms with E-state index in [4.69, 9.17) is 15.7 Å². The van der Waals surface area contributed by atoms with Crippen molar-refractivity contribution in [2.75, 3.05) is 32.0 Å². The van der Waals surface area contributed by atoms with Crippen LogP contribution in [0.5, 0.6) is 0 Å². The number of aromatic nitrogens is 2. The number of nitrogen functional groups attached to an aromatic ring is 1. The van der Waals surface area contributed by atoms with E-state index in [1.807, 2.05) is 0 Å². The van der Waals surface area contributed by atoms with Crippen molar-refractivity contribution in [2.45, 2.75) is 27.7 Å². The zero-order chi connectivity index (χ0) is 17.0. The summed E-state index contributed by atoms with van der Waals surface area (Å²) in [5.74, 6) is -0.516. The minimum atomic E-state index is -0.639. The normalized spacial score (nSPS) is 10.4. The maximum atomic E-state index is 11.3. The number of carbonyl (C=O) groups excluding carboxylic acids is 1. The molecule has 0 fully saturated rings. The van der Waals surface area contributed by atoms with E-state index >= 15 is 0 Å². The summed E-state index contributed by atoms with van der Waals surface area (Å²) >= 11 is 0. The van der Waals surface area contributed by atoms with Gasteiger partial charge < -0.3 is 20.6 Å². The average Bonchev–Trinajstić information content (AvgIpc) is 2.50. The number of carbonyl (C=O) groups is 1. The Kier molecular flexibility index (Phi) is 10.3. The summed E-state index contributed by atoms with van der Waals surface area (Å²) in [4.78, 5) is 21.2. The zero-order valence-electron chi connectivity index (χ0n) is 13.6. The lowest BCUT2D eigenvalue weighted by atomic mass is 10.3. The fourth-order valence-electron chi connectivity index (χ4n) is 1.59. The molecule has 0 aromatic carbocycles. The standard InChI is InChI=1S/C8H10N4O3.C6H15N/c1-2-15-8(13)7-5(3-11-14)12-6(9)4-10-7;1-4-7(5-2)6-3/h3-4,14H,2H2,1H3,(H2,9,12);4-6H2,1-3H3. The number of rotatable bonds is 6. The Morgan fingerprint density at radius 1 is 1.36 bits per heavy atom. The van der Waals surface area contributed by atoms with Gasteiger partial charge in [0.1, 0.15) is 11.5 Å². The molecule has 1 heterocycles. The molecule has 0 radical (unpaired) electrons. The van der Waals surface area contributed by atoms with Crippen LogP contribution >= 0.6 is 0 Å². The van der Waals surface area contributed by atoms with Gasteiger partial charge in [-0.1, -0.05) is 25.9 Å². The van der Waals surface area contributed by atoms with Crippen molar-refractivity contribution in [1.29, 1.82) is 0 Å². The molecule has 0 amide bonds. The number of ether oxygens (including phenoxy) is 1. The Balaban J connectivity index is 0.000000534. The van der Waals surface area contributed by atoms with Gasteiger partial charge in [0.05, 0.1) is 19.0 Å². The Morgan fingerprint density at radius 2 is 1.95 bits per heavy atom. The first kappa shape index (κ1) is 19.8. The van der Waals surface area contributed by atoms with Crippen molar-refractivity contribution in [3.63, 3.8) is 0 Å². The highest BCUT2D eigenvalue weighted by Gasteiger charge is 2.14. The zero-order valence-corrected chi connectivity index (χ0v) is 13.6. The smallest absolute Gasteiger partial charge is 0.359 e. The minimum absolute atomic E-state index is 0.0381. The van der Waals surface area contributed by atoms with E-state index in [2.05, 4.69) is 40.8 Å². The predicted octanol–water partition coefficient (Wildman–Crippen LogP) is 1.39. The minimum Gasteiger partial charge on any atom is -0.461 e. The van der Waals surface area contributed by atoms with Crippen LogP contribution in [0.4, 0.5) is 5.82 Å². The first-order chi connectivity index (χ1) is 10.5. The molecule has 0 atom stereocenters. The van der Waals surface area contributed by atoms with Crippen LogP contribution in [0.15, 0.2) is 11.4 Å². The quantitative estimate of drug-likeness (QED) is 0.353. The largest absolute Gasteiger partial charge is 0.461 e. The molecular weight excluding hydrogens is 286 g/mol. The molecule has 0 aliphatic carbocycles. The van der Waals surface area contributed by atoms with Crippen molar-refractivity contribution in [3.05, 3.63) is 17.6 Å². The number of oxime groups is 1. The topological polar surface area (TPSA) is 114 Å². The van der Waals surface area contributed by atoms with Crippen molar-refractivity contribution in [1.82, 2.24) is 14.9 Å². The van der Waals surface area contributed by atoms with Crippen LogP contribution in [-0.2, 0) is 4.74 Å². The van der Waals surface area contributed by atoms with Crippen LogP contribution in [0.25, 0.3) is 0 Å². The fourth-order valence-corrected chi connectivity index (χ4v) is 1.59. The molecule has 8 nitrogen and oxygen atoms in total. The maximum absolute atomic E-state index is 11.3. The molecule has 0 bridgehead atoms. The van der Waals surface area contributed by atoms with E-state index in [0.717, 1.165) is 6.21 Å². The molecule has 0 aliphatic rings. The molecule has 3 N–H and O–H groups in total. The third-order valence-corrected chi connectivity index (χ3v) is 2.81. The van der Waals surface area contributed by atoms with Crippen molar-refractivity contribution in [2.24, 2.45) is 5.16 Å². The second-order valence-electron chi connectivity index (χ2n) is 4.11. The van der Waals surface area contributed by atoms with E-state index in [1.54, 1.807) is 6.92 Å². The van der Waals surface area contributed by atoms with Gasteiger partial charge in [-0.15, -0.1) is 0 Å². The van der Waals surface area contributed by atoms with Gasteiger partial charge in [0.2, 0.25) is 0 Å². The van der Waals surface area contributed by atoms with E-state index in [-0.39, 0.29) is 23.8 Å². The lowest BCUT2D eigenvalue weighted by molar-refractivity contribution is 0.0519. The van der Waals surface area contributed by atoms with Crippen LogP contribution < -0.4 is 5.73 Å². The summed E-state index contributed by atoms with van der Waals surface area (Å²) in [6.07, 6.45) is 2.19. The number of hydrogen-bond acceptors (Lipinski definition) is 8. The van der Waals surface area contributed by atoms with Crippen LogP contribution in [0.1, 0.15) is 43.9 Å². The molecule has 0 aliphatic heterocycles. The predicted molar refractivity (Wildman–Crippen MR) is 85.2 cm³/mol. The monoisotopic (exact) mass is 311 g/mol. The van der Waals surface area contributed by atoms with Gasteiger partial charge in [-0.25, -0.2) is 14.8 Å². The molecule has 0 saturated carbocycles. The van der Waals surface area contributed by atoms with Gasteiger partial charge in [0.15, 0.2) is 5.69 Å². The third kappa shape index (κ3) is 6.98. The molecule has 1 aromatic heterocycles. The number of anilines is 1. The molecule has 1 aromatic rings. The second kappa shape index (κ2) is 11.4. The van der Waals surface area contributed by atoms with Crippen LogP contribution in [0.3, 0.4) is 0 Å². The molecule has 124 valence electrons. The summed E-state index contributed by atoms with van der Waals surface area (Å²) in [5.41, 5.74) is 5.39. The average molecular weight is 311 g/mol. The lowest BCUT2D eigenvalue weighted by Crippen LogP contribution is -2.21. The summed E-state index contributed by atoms with van der Waals surface area (Å²) in [5, 5.41) is 11.1. The van der Waals surface area contributed by atoms with E-state index in [9.17, 15) is 4.79 Å². The molecule has 0 unspecified atom stereocenters. The van der Waals surface area contributed by atoms with Crippen LogP contribution in [0.2, 0.25) is 0 Å². The Labute approximate surface area is 131 Å². The third-order valence-electron chi connectivity index (χ3n) is 2.81. The number of nitrogens with zero attached hydrogens (tertiary/aromatic N) is 4. The van der Waals surface area contributed by atoms with Gasteiger partial charge in [-0.05, 0) is 26.6 Å². The highest BCUT2D eigenvalue weighted by molar-refractivity contribution is 5.96. The van der Waals surface area contributed by atoms with E-state index < -0.39 is 5.97 Å². The SMILES string of the molecule is CCN(CC)CC.CCOC(=O)c1ncc(N)nc1C=NO. The van der Waals surface area contributed by atoms with Gasteiger partial charge in [0.25, 0.3) is 0 Å².